The van der Waals surface area contributed by atoms with Crippen molar-refractivity contribution in [3.63, 3.8) is 0 Å². The van der Waals surface area contributed by atoms with Gasteiger partial charge >= 0.3 is 0 Å². The van der Waals surface area contributed by atoms with E-state index in [-0.39, 0.29) is 0 Å². The van der Waals surface area contributed by atoms with Crippen LogP contribution in [0.15, 0.2) is 29.2 Å². The van der Waals surface area contributed by atoms with E-state index >= 15 is 0 Å². The van der Waals surface area contributed by atoms with Crippen molar-refractivity contribution in [3.05, 3.63) is 29.8 Å². The maximum Gasteiger partial charge on any atom is 0.0382 e. The largest absolute Gasteiger partial charge is 0.319 e. The minimum atomic E-state index is 0.485. The van der Waals surface area contributed by atoms with Crippen molar-refractivity contribution < 1.29 is 0 Å². The minimum Gasteiger partial charge on any atom is -0.319 e. The summed E-state index contributed by atoms with van der Waals surface area (Å²) in [6.45, 7) is 3.33. The molecule has 0 spiro atoms. The van der Waals surface area contributed by atoms with Crippen LogP contribution in [0.1, 0.15) is 24.9 Å². The van der Waals surface area contributed by atoms with Gasteiger partial charge in [0.25, 0.3) is 0 Å². The Kier molecular flexibility index (Phi) is 6.76. The lowest BCUT2D eigenvalue weighted by Crippen LogP contribution is -2.32. The molecule has 102 valence electrons. The summed E-state index contributed by atoms with van der Waals surface area (Å²) in [6, 6.07) is 9.48. The highest BCUT2D eigenvalue weighted by Crippen LogP contribution is 2.30. The topological polar surface area (TPSA) is 15.3 Å². The highest BCUT2D eigenvalue weighted by Gasteiger charge is 2.23. The van der Waals surface area contributed by atoms with E-state index in [0.717, 1.165) is 6.54 Å². The van der Waals surface area contributed by atoms with Crippen LogP contribution in [0.25, 0.3) is 0 Å². The van der Waals surface area contributed by atoms with Gasteiger partial charge in [-0.3, -0.25) is 0 Å². The third kappa shape index (κ3) is 4.01. The summed E-state index contributed by atoms with van der Waals surface area (Å²) in [5.74, 6) is 0.644. The summed E-state index contributed by atoms with van der Waals surface area (Å²) in [7, 11) is 6.38. The molecule has 2 unspecified atom stereocenters. The molecule has 2 atom stereocenters. The number of hydrogen-bond donors (Lipinski definition) is 1. The van der Waals surface area contributed by atoms with Gasteiger partial charge in [-0.1, -0.05) is 25.5 Å². The van der Waals surface area contributed by atoms with Gasteiger partial charge in [0.05, 0.1) is 0 Å². The number of thioether (sulfide) groups is 1. The quantitative estimate of drug-likeness (QED) is 0.763. The normalized spacial score (nSPS) is 14.8. The number of rotatable bonds is 7. The van der Waals surface area contributed by atoms with Crippen molar-refractivity contribution >= 4 is 11.8 Å². The molecule has 0 saturated heterocycles. The fourth-order valence-corrected chi connectivity index (χ4v) is 2.94. The van der Waals surface area contributed by atoms with Gasteiger partial charge in [-0.15, -0.1) is 11.8 Å². The molecule has 0 aliphatic rings. The van der Waals surface area contributed by atoms with E-state index < -0.39 is 0 Å². The molecule has 1 aromatic rings. The Morgan fingerprint density at radius 3 is 2.22 bits per heavy atom. The van der Waals surface area contributed by atoms with Gasteiger partial charge in [0.1, 0.15) is 0 Å². The Balaban J connectivity index is 2.95. The van der Waals surface area contributed by atoms with Crippen LogP contribution >= 0.6 is 11.8 Å². The fourth-order valence-electron chi connectivity index (χ4n) is 2.53. The van der Waals surface area contributed by atoms with E-state index in [2.05, 4.69) is 61.8 Å². The summed E-state index contributed by atoms with van der Waals surface area (Å²) in [5, 5.41) is 3.32. The first-order valence-corrected chi connectivity index (χ1v) is 7.81. The van der Waals surface area contributed by atoms with Crippen molar-refractivity contribution in [3.8, 4) is 0 Å². The van der Waals surface area contributed by atoms with Crippen LogP contribution in [0, 0.1) is 5.92 Å². The molecule has 2 nitrogen and oxygen atoms in total. The molecule has 0 fully saturated rings. The second-order valence-corrected chi connectivity index (χ2v) is 5.79. The molecule has 0 saturated carbocycles. The number of nitrogens with zero attached hydrogens (tertiary/aromatic N) is 1. The minimum absolute atomic E-state index is 0.485. The van der Waals surface area contributed by atoms with Crippen molar-refractivity contribution in [2.45, 2.75) is 24.3 Å². The summed E-state index contributed by atoms with van der Waals surface area (Å²) in [4.78, 5) is 3.66. The SMILES string of the molecule is CCC(CNC)C(c1ccc(SC)cc1)N(C)C. The third-order valence-corrected chi connectivity index (χ3v) is 4.19. The van der Waals surface area contributed by atoms with Crippen molar-refractivity contribution in [2.75, 3.05) is 33.9 Å². The number of benzene rings is 1. The van der Waals surface area contributed by atoms with E-state index in [1.165, 1.54) is 16.9 Å². The molecule has 0 aromatic heterocycles. The van der Waals surface area contributed by atoms with Crippen molar-refractivity contribution in [1.82, 2.24) is 10.2 Å². The average Bonchev–Trinajstić information content (AvgIpc) is 2.38. The van der Waals surface area contributed by atoms with Crippen LogP contribution < -0.4 is 5.32 Å². The molecule has 0 heterocycles. The Bertz CT molecular complexity index is 335. The Hall–Kier alpha value is -0.510. The van der Waals surface area contributed by atoms with Crippen molar-refractivity contribution in [1.29, 1.82) is 0 Å². The van der Waals surface area contributed by atoms with E-state index in [0.29, 0.717) is 12.0 Å². The summed E-state index contributed by atoms with van der Waals surface area (Å²) in [5.41, 5.74) is 1.42. The molecule has 0 amide bonds. The van der Waals surface area contributed by atoms with E-state index in [1.54, 1.807) is 11.8 Å². The van der Waals surface area contributed by atoms with Crippen LogP contribution in [0.2, 0.25) is 0 Å². The molecule has 0 aliphatic carbocycles. The first-order valence-electron chi connectivity index (χ1n) is 6.59. The number of nitrogens with one attached hydrogen (secondary N) is 1. The maximum absolute atomic E-state index is 3.32. The summed E-state index contributed by atoms with van der Waals surface area (Å²) in [6.07, 6.45) is 3.31. The zero-order chi connectivity index (χ0) is 13.5. The van der Waals surface area contributed by atoms with Crippen molar-refractivity contribution in [2.24, 2.45) is 5.92 Å². The second-order valence-electron chi connectivity index (χ2n) is 4.91. The first-order chi connectivity index (χ1) is 8.63. The van der Waals surface area contributed by atoms with E-state index in [1.807, 2.05) is 7.05 Å². The molecule has 0 bridgehead atoms. The lowest BCUT2D eigenvalue weighted by atomic mass is 9.90. The Morgan fingerprint density at radius 1 is 1.22 bits per heavy atom. The molecule has 0 aliphatic heterocycles. The van der Waals surface area contributed by atoms with Crippen LogP contribution in [0.3, 0.4) is 0 Å². The smallest absolute Gasteiger partial charge is 0.0382 e. The monoisotopic (exact) mass is 266 g/mol. The van der Waals surface area contributed by atoms with E-state index in [9.17, 15) is 0 Å². The van der Waals surface area contributed by atoms with Crippen LogP contribution in [-0.4, -0.2) is 38.8 Å². The molecular formula is C15H26N2S. The summed E-state index contributed by atoms with van der Waals surface area (Å²) >= 11 is 1.80. The Morgan fingerprint density at radius 2 is 1.83 bits per heavy atom. The number of hydrogen-bond acceptors (Lipinski definition) is 3. The van der Waals surface area contributed by atoms with Gasteiger partial charge in [0.15, 0.2) is 0 Å². The Labute approximate surface area is 116 Å². The van der Waals surface area contributed by atoms with Crippen LogP contribution in [0.5, 0.6) is 0 Å². The summed E-state index contributed by atoms with van der Waals surface area (Å²) < 4.78 is 0. The highest BCUT2D eigenvalue weighted by molar-refractivity contribution is 7.98. The fraction of sp³-hybridized carbons (Fsp3) is 0.600. The maximum atomic E-state index is 3.32. The van der Waals surface area contributed by atoms with Gasteiger partial charge in [0, 0.05) is 10.9 Å². The molecule has 1 rings (SSSR count). The second kappa shape index (κ2) is 7.82. The molecule has 18 heavy (non-hydrogen) atoms. The highest BCUT2D eigenvalue weighted by atomic mass is 32.2. The van der Waals surface area contributed by atoms with E-state index in [4.69, 9.17) is 0 Å². The third-order valence-electron chi connectivity index (χ3n) is 3.45. The van der Waals surface area contributed by atoms with Gasteiger partial charge in [-0.2, -0.15) is 0 Å². The molecule has 1 N–H and O–H groups in total. The van der Waals surface area contributed by atoms with Crippen LogP contribution in [-0.2, 0) is 0 Å². The molecular weight excluding hydrogens is 240 g/mol. The van der Waals surface area contributed by atoms with Gasteiger partial charge in [0.2, 0.25) is 0 Å². The zero-order valence-electron chi connectivity index (χ0n) is 12.2. The lowest BCUT2D eigenvalue weighted by Gasteiger charge is -2.32. The molecule has 0 radical (unpaired) electrons. The first kappa shape index (κ1) is 15.5. The lowest BCUT2D eigenvalue weighted by molar-refractivity contribution is 0.204. The standard InChI is InChI=1S/C15H26N2S/c1-6-12(11-16-2)15(17(3)4)13-7-9-14(18-5)10-8-13/h7-10,12,15-16H,6,11H2,1-5H3. The predicted octanol–water partition coefficient (Wildman–Crippen LogP) is 3.26. The molecule has 3 heteroatoms. The zero-order valence-corrected chi connectivity index (χ0v) is 13.1. The van der Waals surface area contributed by atoms with Gasteiger partial charge < -0.3 is 10.2 Å². The van der Waals surface area contributed by atoms with Gasteiger partial charge in [-0.25, -0.2) is 0 Å². The average molecular weight is 266 g/mol. The van der Waals surface area contributed by atoms with Gasteiger partial charge in [-0.05, 0) is 57.6 Å². The van der Waals surface area contributed by atoms with Crippen LogP contribution in [0.4, 0.5) is 0 Å². The predicted molar refractivity (Wildman–Crippen MR) is 82.4 cm³/mol. The molecule has 1 aromatic carbocycles.